The number of nitrogens with zero attached hydrogens (tertiary/aromatic N) is 2. The van der Waals surface area contributed by atoms with Crippen LogP contribution in [0.25, 0.3) is 11.7 Å². The van der Waals surface area contributed by atoms with Crippen molar-refractivity contribution < 1.29 is 8.83 Å². The van der Waals surface area contributed by atoms with Crippen molar-refractivity contribution in [3.05, 3.63) is 16.9 Å². The van der Waals surface area contributed by atoms with E-state index < -0.39 is 0 Å². The highest BCUT2D eigenvalue weighted by molar-refractivity contribution is 7.71. The molecule has 62 valence electrons. The molecule has 0 bridgehead atoms. The van der Waals surface area contributed by atoms with E-state index in [1.165, 1.54) is 6.39 Å². The maximum absolute atomic E-state index is 5.03. The zero-order chi connectivity index (χ0) is 8.55. The van der Waals surface area contributed by atoms with Gasteiger partial charge in [-0.1, -0.05) is 0 Å². The first kappa shape index (κ1) is 7.23. The van der Waals surface area contributed by atoms with E-state index in [-0.39, 0.29) is 4.84 Å². The van der Waals surface area contributed by atoms with Gasteiger partial charge in [0.15, 0.2) is 6.39 Å². The average Bonchev–Trinajstić information content (AvgIpc) is 2.58. The molecule has 2 rings (SSSR count). The normalized spacial score (nSPS) is 10.4. The SMILES string of the molecule is Cc1ncoc1-c1n[nH]c(=S)o1. The van der Waals surface area contributed by atoms with E-state index in [0.29, 0.717) is 11.7 Å². The third-order valence-corrected chi connectivity index (χ3v) is 1.55. The molecule has 5 nitrogen and oxygen atoms in total. The Kier molecular flexibility index (Phi) is 1.54. The summed E-state index contributed by atoms with van der Waals surface area (Å²) in [5.74, 6) is 0.831. The Labute approximate surface area is 72.4 Å². The Morgan fingerprint density at radius 1 is 1.58 bits per heavy atom. The molecule has 2 aromatic rings. The summed E-state index contributed by atoms with van der Waals surface area (Å²) >= 11 is 4.70. The third-order valence-electron chi connectivity index (χ3n) is 1.38. The van der Waals surface area contributed by atoms with Crippen LogP contribution in [0, 0.1) is 11.8 Å². The number of rotatable bonds is 1. The van der Waals surface area contributed by atoms with Crippen molar-refractivity contribution in [2.24, 2.45) is 0 Å². The van der Waals surface area contributed by atoms with Gasteiger partial charge in [0.05, 0.1) is 5.69 Å². The van der Waals surface area contributed by atoms with Gasteiger partial charge in [-0.2, -0.15) is 0 Å². The molecule has 0 aliphatic carbocycles. The monoisotopic (exact) mass is 183 g/mol. The molecule has 1 N–H and O–H groups in total. The Balaban J connectivity index is 2.57. The van der Waals surface area contributed by atoms with Crippen molar-refractivity contribution in [2.75, 3.05) is 0 Å². The van der Waals surface area contributed by atoms with Crippen molar-refractivity contribution in [3.8, 4) is 11.7 Å². The first-order valence-corrected chi connectivity index (χ1v) is 3.64. The lowest BCUT2D eigenvalue weighted by Crippen LogP contribution is -1.78. The van der Waals surface area contributed by atoms with Gasteiger partial charge in [0, 0.05) is 0 Å². The third kappa shape index (κ3) is 1.06. The average molecular weight is 183 g/mol. The second kappa shape index (κ2) is 2.56. The zero-order valence-corrected chi connectivity index (χ0v) is 7.01. The highest BCUT2D eigenvalue weighted by Gasteiger charge is 2.11. The molecule has 6 heteroatoms. The van der Waals surface area contributed by atoms with Crippen LogP contribution in [0.4, 0.5) is 0 Å². The molecular weight excluding hydrogens is 178 g/mol. The van der Waals surface area contributed by atoms with E-state index in [0.717, 1.165) is 5.69 Å². The van der Waals surface area contributed by atoms with Crippen LogP contribution in [-0.2, 0) is 0 Å². The minimum absolute atomic E-state index is 0.223. The minimum atomic E-state index is 0.223. The number of aromatic amines is 1. The van der Waals surface area contributed by atoms with Crippen molar-refractivity contribution in [3.63, 3.8) is 0 Å². The summed E-state index contributed by atoms with van der Waals surface area (Å²) in [6.45, 7) is 1.80. The van der Waals surface area contributed by atoms with Crippen molar-refractivity contribution in [1.82, 2.24) is 15.2 Å². The molecule has 2 aromatic heterocycles. The number of hydrogen-bond donors (Lipinski definition) is 1. The minimum Gasteiger partial charge on any atom is -0.438 e. The topological polar surface area (TPSA) is 67.8 Å². The van der Waals surface area contributed by atoms with Crippen LogP contribution in [0.1, 0.15) is 5.69 Å². The van der Waals surface area contributed by atoms with Crippen LogP contribution in [0.15, 0.2) is 15.2 Å². The standard InChI is InChI=1S/C6H5N3O2S/c1-3-4(10-2-7-3)5-8-9-6(12)11-5/h2H,1H3,(H,9,12). The number of H-pyrrole nitrogens is 1. The molecule has 0 saturated heterocycles. The van der Waals surface area contributed by atoms with Gasteiger partial charge in [-0.3, -0.25) is 0 Å². The van der Waals surface area contributed by atoms with Gasteiger partial charge in [-0.25, -0.2) is 10.1 Å². The van der Waals surface area contributed by atoms with Gasteiger partial charge in [-0.05, 0) is 19.1 Å². The summed E-state index contributed by atoms with van der Waals surface area (Å²) in [7, 11) is 0. The van der Waals surface area contributed by atoms with E-state index in [1.54, 1.807) is 6.92 Å². The second-order valence-corrected chi connectivity index (χ2v) is 2.56. The molecule has 0 spiro atoms. The van der Waals surface area contributed by atoms with Crippen LogP contribution >= 0.6 is 12.2 Å². The van der Waals surface area contributed by atoms with Crippen molar-refractivity contribution in [1.29, 1.82) is 0 Å². The molecule has 2 heterocycles. The number of aryl methyl sites for hydroxylation is 1. The van der Waals surface area contributed by atoms with Gasteiger partial charge in [0.1, 0.15) is 0 Å². The molecule has 12 heavy (non-hydrogen) atoms. The predicted molar refractivity (Wildman–Crippen MR) is 41.9 cm³/mol. The van der Waals surface area contributed by atoms with Crippen LogP contribution in [-0.4, -0.2) is 15.2 Å². The molecule has 0 fully saturated rings. The van der Waals surface area contributed by atoms with Crippen LogP contribution in [0.2, 0.25) is 0 Å². The Hall–Kier alpha value is -1.43. The highest BCUT2D eigenvalue weighted by Crippen LogP contribution is 2.19. The van der Waals surface area contributed by atoms with Crippen molar-refractivity contribution in [2.45, 2.75) is 6.92 Å². The highest BCUT2D eigenvalue weighted by atomic mass is 32.1. The lowest BCUT2D eigenvalue weighted by Gasteiger charge is -1.85. The molecule has 0 unspecified atom stereocenters. The predicted octanol–water partition coefficient (Wildman–Crippen LogP) is 1.70. The number of aromatic nitrogens is 3. The number of nitrogens with one attached hydrogen (secondary N) is 1. The molecular formula is C6H5N3O2S. The largest absolute Gasteiger partial charge is 0.438 e. The summed E-state index contributed by atoms with van der Waals surface area (Å²) in [6, 6.07) is 0. The first-order valence-electron chi connectivity index (χ1n) is 3.23. The van der Waals surface area contributed by atoms with Crippen LogP contribution in [0.5, 0.6) is 0 Å². The molecule has 0 atom stereocenters. The van der Waals surface area contributed by atoms with E-state index in [2.05, 4.69) is 15.2 Å². The molecule has 0 aromatic carbocycles. The maximum atomic E-state index is 5.03. The van der Waals surface area contributed by atoms with Gasteiger partial charge >= 0.3 is 0 Å². The van der Waals surface area contributed by atoms with E-state index in [9.17, 15) is 0 Å². The molecule has 0 radical (unpaired) electrons. The maximum Gasteiger partial charge on any atom is 0.284 e. The Bertz CT molecular complexity index is 441. The molecule has 0 amide bonds. The summed E-state index contributed by atoms with van der Waals surface area (Å²) in [5.41, 5.74) is 0.722. The lowest BCUT2D eigenvalue weighted by atomic mass is 10.4. The van der Waals surface area contributed by atoms with Gasteiger partial charge in [0.2, 0.25) is 5.76 Å². The van der Waals surface area contributed by atoms with Gasteiger partial charge < -0.3 is 8.83 Å². The zero-order valence-electron chi connectivity index (χ0n) is 6.20. The van der Waals surface area contributed by atoms with E-state index >= 15 is 0 Å². The number of oxazole rings is 1. The second-order valence-electron chi connectivity index (χ2n) is 2.19. The lowest BCUT2D eigenvalue weighted by molar-refractivity contribution is 0.504. The fourth-order valence-electron chi connectivity index (χ4n) is 0.834. The Morgan fingerprint density at radius 3 is 2.92 bits per heavy atom. The van der Waals surface area contributed by atoms with Crippen LogP contribution in [0.3, 0.4) is 0 Å². The fraction of sp³-hybridized carbons (Fsp3) is 0.167. The van der Waals surface area contributed by atoms with Gasteiger partial charge in [-0.15, -0.1) is 5.10 Å². The summed E-state index contributed by atoms with van der Waals surface area (Å²) in [6.07, 6.45) is 1.33. The summed E-state index contributed by atoms with van der Waals surface area (Å²) < 4.78 is 10.1. The number of hydrogen-bond acceptors (Lipinski definition) is 5. The Morgan fingerprint density at radius 2 is 2.42 bits per heavy atom. The van der Waals surface area contributed by atoms with Crippen molar-refractivity contribution >= 4 is 12.2 Å². The van der Waals surface area contributed by atoms with Crippen LogP contribution < -0.4 is 0 Å². The molecule has 0 aliphatic heterocycles. The fourth-order valence-corrected chi connectivity index (χ4v) is 0.959. The summed E-state index contributed by atoms with van der Waals surface area (Å²) in [5, 5.41) is 6.28. The first-order chi connectivity index (χ1) is 5.77. The smallest absolute Gasteiger partial charge is 0.284 e. The summed E-state index contributed by atoms with van der Waals surface area (Å²) in [4.78, 5) is 4.11. The van der Waals surface area contributed by atoms with Gasteiger partial charge in [0.25, 0.3) is 10.7 Å². The van der Waals surface area contributed by atoms with E-state index in [1.807, 2.05) is 0 Å². The molecule has 0 saturated carbocycles. The molecule has 0 aliphatic rings. The quantitative estimate of drug-likeness (QED) is 0.681. The van der Waals surface area contributed by atoms with E-state index in [4.69, 9.17) is 21.1 Å².